The first kappa shape index (κ1) is 25.2. The molecule has 3 N–H and O–H groups in total. The highest BCUT2D eigenvalue weighted by Crippen LogP contribution is 2.27. The summed E-state index contributed by atoms with van der Waals surface area (Å²) in [4.78, 5) is 42.1. The van der Waals surface area contributed by atoms with E-state index in [1.165, 1.54) is 0 Å². The van der Waals surface area contributed by atoms with Crippen LogP contribution < -0.4 is 16.0 Å². The van der Waals surface area contributed by atoms with Gasteiger partial charge in [0.05, 0.1) is 0 Å². The Morgan fingerprint density at radius 1 is 1.00 bits per heavy atom. The number of nitrogens with one attached hydrogen (secondary N) is 3. The molecule has 9 heteroatoms. The molecular formula is C27H32N4O5. The van der Waals surface area contributed by atoms with Crippen molar-refractivity contribution in [2.45, 2.75) is 58.5 Å². The average Bonchev–Trinajstić information content (AvgIpc) is 3.53. The number of amides is 3. The molecule has 36 heavy (non-hydrogen) atoms. The molecule has 3 heterocycles. The van der Waals surface area contributed by atoms with E-state index >= 15 is 0 Å². The fourth-order valence-electron chi connectivity index (χ4n) is 4.50. The van der Waals surface area contributed by atoms with Crippen molar-refractivity contribution >= 4 is 17.7 Å². The third-order valence-electron chi connectivity index (χ3n) is 6.69. The predicted octanol–water partition coefficient (Wildman–Crippen LogP) is 3.91. The van der Waals surface area contributed by atoms with E-state index < -0.39 is 11.9 Å². The van der Waals surface area contributed by atoms with Gasteiger partial charge in [0, 0.05) is 19.8 Å². The van der Waals surface area contributed by atoms with Crippen molar-refractivity contribution < 1.29 is 23.2 Å². The van der Waals surface area contributed by atoms with Crippen LogP contribution in [0.4, 0.5) is 0 Å². The molecule has 1 atom stereocenters. The Kier molecular flexibility index (Phi) is 7.87. The molecule has 0 aromatic carbocycles. The second-order valence-electron chi connectivity index (χ2n) is 9.21. The maximum Gasteiger partial charge on any atom is 0.287 e. The van der Waals surface area contributed by atoms with Gasteiger partial charge >= 0.3 is 0 Å². The van der Waals surface area contributed by atoms with Gasteiger partial charge in [-0.2, -0.15) is 0 Å². The lowest BCUT2D eigenvalue weighted by Crippen LogP contribution is -2.50. The van der Waals surface area contributed by atoms with Crippen LogP contribution >= 0.6 is 0 Å². The van der Waals surface area contributed by atoms with Crippen molar-refractivity contribution in [1.29, 1.82) is 0 Å². The minimum atomic E-state index is -0.594. The molecule has 1 saturated carbocycles. The lowest BCUT2D eigenvalue weighted by atomic mass is 9.83. The Morgan fingerprint density at radius 3 is 2.47 bits per heavy atom. The van der Waals surface area contributed by atoms with Gasteiger partial charge in [-0.1, -0.05) is 19.3 Å². The molecule has 3 amide bonds. The normalized spacial score (nSPS) is 14.8. The minimum absolute atomic E-state index is 0.110. The highest BCUT2D eigenvalue weighted by atomic mass is 16.4. The van der Waals surface area contributed by atoms with Crippen molar-refractivity contribution in [2.75, 3.05) is 7.05 Å². The van der Waals surface area contributed by atoms with E-state index in [-0.39, 0.29) is 35.8 Å². The van der Waals surface area contributed by atoms with Crippen LogP contribution in [-0.4, -0.2) is 35.8 Å². The number of nitrogens with zero attached hydrogens (tertiary/aromatic N) is 1. The van der Waals surface area contributed by atoms with E-state index in [0.29, 0.717) is 17.2 Å². The van der Waals surface area contributed by atoms with E-state index in [9.17, 15) is 14.4 Å². The maximum absolute atomic E-state index is 12.9. The van der Waals surface area contributed by atoms with Gasteiger partial charge in [0.2, 0.25) is 5.91 Å². The summed E-state index contributed by atoms with van der Waals surface area (Å²) in [5.74, 6) is 0.684. The first-order valence-corrected chi connectivity index (χ1v) is 12.3. The van der Waals surface area contributed by atoms with Gasteiger partial charge in [-0.25, -0.2) is 0 Å². The lowest BCUT2D eigenvalue weighted by Gasteiger charge is -2.29. The monoisotopic (exact) mass is 492 g/mol. The van der Waals surface area contributed by atoms with Crippen molar-refractivity contribution in [1.82, 2.24) is 20.9 Å². The third kappa shape index (κ3) is 5.84. The number of carbonyl (C=O) groups is 3. The molecule has 0 radical (unpaired) electrons. The number of aromatic nitrogens is 1. The number of furan rings is 2. The first-order valence-electron chi connectivity index (χ1n) is 12.3. The SMILES string of the molecule is CNC(=O)[C@@H](NC(=O)c1ccc(-c2cc(CNC(=O)c3cc(C)c(C)o3)ccn2)o1)C1CCCCC1. The Morgan fingerprint density at radius 2 is 1.78 bits per heavy atom. The standard InChI is InChI=1S/C27H32N4O5/c1-16-13-23(35-17(16)2)25(32)30-15-18-11-12-29-20(14-18)21-9-10-22(36-21)26(33)31-24(27(34)28-3)19-7-5-4-6-8-19/h9-14,19,24H,4-8,15H2,1-3H3,(H,28,34)(H,30,32)(H,31,33)/t24-/m0/s1. The molecule has 9 nitrogen and oxygen atoms in total. The predicted molar refractivity (Wildman–Crippen MR) is 133 cm³/mol. The summed E-state index contributed by atoms with van der Waals surface area (Å²) in [5.41, 5.74) is 2.26. The molecule has 0 spiro atoms. The smallest absolute Gasteiger partial charge is 0.287 e. The van der Waals surface area contributed by atoms with Crippen LogP contribution in [0.5, 0.6) is 0 Å². The zero-order chi connectivity index (χ0) is 25.7. The van der Waals surface area contributed by atoms with Gasteiger partial charge in [-0.05, 0) is 74.1 Å². The van der Waals surface area contributed by atoms with Crippen LogP contribution in [0.15, 0.2) is 45.4 Å². The van der Waals surface area contributed by atoms with Crippen LogP contribution in [0.2, 0.25) is 0 Å². The van der Waals surface area contributed by atoms with Crippen molar-refractivity contribution in [3.8, 4) is 11.5 Å². The minimum Gasteiger partial charge on any atom is -0.456 e. The van der Waals surface area contributed by atoms with Gasteiger partial charge in [-0.15, -0.1) is 0 Å². The summed E-state index contributed by atoms with van der Waals surface area (Å²) >= 11 is 0. The van der Waals surface area contributed by atoms with Crippen molar-refractivity contribution in [3.05, 3.63) is 64.9 Å². The summed E-state index contributed by atoms with van der Waals surface area (Å²) in [6.45, 7) is 3.97. The Labute approximate surface area is 210 Å². The summed E-state index contributed by atoms with van der Waals surface area (Å²) < 4.78 is 11.3. The van der Waals surface area contributed by atoms with Crippen LogP contribution in [0, 0.1) is 19.8 Å². The molecule has 0 aliphatic heterocycles. The number of pyridine rings is 1. The van der Waals surface area contributed by atoms with Gasteiger partial charge in [0.25, 0.3) is 11.8 Å². The second-order valence-corrected chi connectivity index (χ2v) is 9.21. The summed E-state index contributed by atoms with van der Waals surface area (Å²) in [7, 11) is 1.58. The van der Waals surface area contributed by atoms with E-state index in [2.05, 4.69) is 20.9 Å². The van der Waals surface area contributed by atoms with Gasteiger partial charge in [0.1, 0.15) is 17.5 Å². The van der Waals surface area contributed by atoms with E-state index in [4.69, 9.17) is 8.83 Å². The number of likely N-dealkylation sites (N-methyl/N-ethyl adjacent to an activating group) is 1. The number of hydrogen-bond acceptors (Lipinski definition) is 6. The Hall–Kier alpha value is -3.88. The fraction of sp³-hybridized carbons (Fsp3) is 0.407. The van der Waals surface area contributed by atoms with E-state index in [1.54, 1.807) is 43.6 Å². The molecule has 1 aliphatic carbocycles. The molecule has 0 saturated heterocycles. The summed E-state index contributed by atoms with van der Waals surface area (Å²) in [5, 5.41) is 8.36. The van der Waals surface area contributed by atoms with Crippen LogP contribution in [0.1, 0.15) is 70.1 Å². The quantitative estimate of drug-likeness (QED) is 0.438. The lowest BCUT2D eigenvalue weighted by molar-refractivity contribution is -0.124. The van der Waals surface area contributed by atoms with Crippen LogP contribution in [0.3, 0.4) is 0 Å². The van der Waals surface area contributed by atoms with Crippen molar-refractivity contribution in [3.63, 3.8) is 0 Å². The fourth-order valence-corrected chi connectivity index (χ4v) is 4.50. The molecule has 1 aliphatic rings. The van der Waals surface area contributed by atoms with Crippen LogP contribution in [0.25, 0.3) is 11.5 Å². The zero-order valence-corrected chi connectivity index (χ0v) is 20.8. The van der Waals surface area contributed by atoms with E-state index in [1.807, 2.05) is 13.8 Å². The molecule has 4 rings (SSSR count). The average molecular weight is 493 g/mol. The topological polar surface area (TPSA) is 126 Å². The van der Waals surface area contributed by atoms with Gasteiger partial charge in [0.15, 0.2) is 17.3 Å². The van der Waals surface area contributed by atoms with E-state index in [0.717, 1.165) is 43.2 Å². The van der Waals surface area contributed by atoms with Crippen LogP contribution in [-0.2, 0) is 11.3 Å². The molecule has 0 bridgehead atoms. The molecular weight excluding hydrogens is 460 g/mol. The largest absolute Gasteiger partial charge is 0.456 e. The van der Waals surface area contributed by atoms with Gasteiger partial charge < -0.3 is 24.8 Å². The molecule has 0 unspecified atom stereocenters. The third-order valence-corrected chi connectivity index (χ3v) is 6.69. The number of rotatable bonds is 8. The number of carbonyl (C=O) groups excluding carboxylic acids is 3. The number of aryl methyl sites for hydroxylation is 2. The van der Waals surface area contributed by atoms with Gasteiger partial charge in [-0.3, -0.25) is 19.4 Å². The molecule has 190 valence electrons. The summed E-state index contributed by atoms with van der Waals surface area (Å²) in [6, 6.07) is 7.93. The first-order chi connectivity index (χ1) is 17.4. The Bertz CT molecular complexity index is 1220. The maximum atomic E-state index is 12.9. The molecule has 1 fully saturated rings. The molecule has 3 aromatic heterocycles. The van der Waals surface area contributed by atoms with Crippen molar-refractivity contribution in [2.24, 2.45) is 5.92 Å². The Balaban J connectivity index is 1.41. The zero-order valence-electron chi connectivity index (χ0n) is 20.8. The molecule has 3 aromatic rings. The highest BCUT2D eigenvalue weighted by Gasteiger charge is 2.31. The highest BCUT2D eigenvalue weighted by molar-refractivity contribution is 5.96. The second kappa shape index (κ2) is 11.2. The summed E-state index contributed by atoms with van der Waals surface area (Å²) in [6.07, 6.45) is 6.71. The number of hydrogen-bond donors (Lipinski definition) is 3.